The molecule has 7 nitrogen and oxygen atoms in total. The number of nitrogens with one attached hydrogen (secondary N) is 3. The number of hydrogen-bond acceptors (Lipinski definition) is 4. The summed E-state index contributed by atoms with van der Waals surface area (Å²) >= 11 is 0. The van der Waals surface area contributed by atoms with Gasteiger partial charge in [0.05, 0.1) is 6.54 Å². The van der Waals surface area contributed by atoms with E-state index in [0.29, 0.717) is 23.6 Å². The van der Waals surface area contributed by atoms with Gasteiger partial charge in [-0.2, -0.15) is 0 Å². The molecule has 7 heteroatoms. The minimum absolute atomic E-state index is 0.00688. The number of benzene rings is 2. The Morgan fingerprint density at radius 1 is 0.969 bits per heavy atom. The molecule has 0 atom stereocenters. The molecule has 32 heavy (non-hydrogen) atoms. The highest BCUT2D eigenvalue weighted by atomic mass is 16.2. The normalized spacial score (nSPS) is 14.0. The third-order valence-corrected chi connectivity index (χ3v) is 5.75. The number of carbonyl (C=O) groups excluding carboxylic acids is 3. The quantitative estimate of drug-likeness (QED) is 0.605. The topological polar surface area (TPSA) is 90.5 Å². The molecule has 1 saturated heterocycles. The number of likely N-dealkylation sites (tertiary alicyclic amines) is 1. The van der Waals surface area contributed by atoms with Crippen LogP contribution >= 0.6 is 0 Å². The highest BCUT2D eigenvalue weighted by Gasteiger charge is 2.21. The summed E-state index contributed by atoms with van der Waals surface area (Å²) < 4.78 is 0. The molecule has 0 bridgehead atoms. The molecule has 0 aliphatic carbocycles. The van der Waals surface area contributed by atoms with Crippen molar-refractivity contribution in [3.63, 3.8) is 0 Å². The van der Waals surface area contributed by atoms with E-state index >= 15 is 0 Å². The van der Waals surface area contributed by atoms with Crippen molar-refractivity contribution in [3.8, 4) is 0 Å². The molecule has 1 fully saturated rings. The van der Waals surface area contributed by atoms with Crippen LogP contribution in [0.3, 0.4) is 0 Å². The van der Waals surface area contributed by atoms with E-state index in [9.17, 15) is 14.4 Å². The molecule has 2 aromatic carbocycles. The molecule has 2 aromatic rings. The molecule has 0 unspecified atom stereocenters. The Morgan fingerprint density at radius 2 is 1.72 bits per heavy atom. The van der Waals surface area contributed by atoms with Gasteiger partial charge in [0, 0.05) is 42.1 Å². The van der Waals surface area contributed by atoms with Gasteiger partial charge in [-0.1, -0.05) is 26.0 Å². The van der Waals surface area contributed by atoms with E-state index in [1.807, 2.05) is 30.0 Å². The van der Waals surface area contributed by atoms with Gasteiger partial charge in [0.1, 0.15) is 0 Å². The number of rotatable bonds is 7. The van der Waals surface area contributed by atoms with Gasteiger partial charge in [0.25, 0.3) is 5.91 Å². The highest BCUT2D eigenvalue weighted by molar-refractivity contribution is 5.98. The first kappa shape index (κ1) is 23.3. The minimum atomic E-state index is -0.221. The fraction of sp³-hybridized carbons (Fsp3) is 0.400. The summed E-state index contributed by atoms with van der Waals surface area (Å²) in [5, 5.41) is 8.78. The molecule has 0 radical (unpaired) electrons. The zero-order chi connectivity index (χ0) is 23.1. The monoisotopic (exact) mass is 436 g/mol. The SMILES string of the molecule is CCC(=O)Nc1cc(NCC(=O)Nc2cccc(C(=O)N3CCC(C)CC3)c2)ccc1C. The van der Waals surface area contributed by atoms with E-state index in [1.54, 1.807) is 31.2 Å². The molecule has 1 aliphatic heterocycles. The van der Waals surface area contributed by atoms with Crippen LogP contribution in [0.1, 0.15) is 49.0 Å². The van der Waals surface area contributed by atoms with E-state index in [1.165, 1.54) is 0 Å². The van der Waals surface area contributed by atoms with Crippen LogP contribution in [-0.2, 0) is 9.59 Å². The number of nitrogens with zero attached hydrogens (tertiary/aromatic N) is 1. The van der Waals surface area contributed by atoms with Crippen molar-refractivity contribution >= 4 is 34.8 Å². The molecule has 3 rings (SSSR count). The zero-order valence-electron chi connectivity index (χ0n) is 19.0. The number of carbonyl (C=O) groups is 3. The lowest BCUT2D eigenvalue weighted by atomic mass is 9.98. The molecule has 3 amide bonds. The van der Waals surface area contributed by atoms with E-state index in [2.05, 4.69) is 22.9 Å². The fourth-order valence-electron chi connectivity index (χ4n) is 3.62. The summed E-state index contributed by atoms with van der Waals surface area (Å²) in [6, 6.07) is 12.6. The van der Waals surface area contributed by atoms with Crippen LogP contribution in [0.5, 0.6) is 0 Å². The maximum Gasteiger partial charge on any atom is 0.253 e. The molecule has 0 saturated carbocycles. The van der Waals surface area contributed by atoms with Crippen LogP contribution in [0.2, 0.25) is 0 Å². The van der Waals surface area contributed by atoms with Gasteiger partial charge in [-0.25, -0.2) is 0 Å². The molecule has 1 aliphatic rings. The highest BCUT2D eigenvalue weighted by Crippen LogP contribution is 2.21. The van der Waals surface area contributed by atoms with Crippen LogP contribution in [0.4, 0.5) is 17.1 Å². The van der Waals surface area contributed by atoms with Gasteiger partial charge in [0.15, 0.2) is 0 Å². The van der Waals surface area contributed by atoms with Crippen LogP contribution in [0.15, 0.2) is 42.5 Å². The van der Waals surface area contributed by atoms with Crippen LogP contribution in [0.25, 0.3) is 0 Å². The molecule has 3 N–H and O–H groups in total. The van der Waals surface area contributed by atoms with Crippen LogP contribution < -0.4 is 16.0 Å². The Morgan fingerprint density at radius 3 is 2.44 bits per heavy atom. The Kier molecular flexibility index (Phi) is 7.87. The first-order valence-electron chi connectivity index (χ1n) is 11.2. The predicted octanol–water partition coefficient (Wildman–Crippen LogP) is 4.27. The second-order valence-corrected chi connectivity index (χ2v) is 8.39. The maximum absolute atomic E-state index is 12.8. The molecular formula is C25H32N4O3. The van der Waals surface area contributed by atoms with Gasteiger partial charge in [0.2, 0.25) is 11.8 Å². The Balaban J connectivity index is 1.56. The third kappa shape index (κ3) is 6.33. The van der Waals surface area contributed by atoms with Gasteiger partial charge in [-0.05, 0) is 61.6 Å². The van der Waals surface area contributed by atoms with Crippen molar-refractivity contribution in [3.05, 3.63) is 53.6 Å². The van der Waals surface area contributed by atoms with Crippen LogP contribution in [0, 0.1) is 12.8 Å². The van der Waals surface area contributed by atoms with Crippen molar-refractivity contribution < 1.29 is 14.4 Å². The first-order valence-corrected chi connectivity index (χ1v) is 11.2. The maximum atomic E-state index is 12.8. The standard InChI is InChI=1S/C25H32N4O3/c1-4-23(30)28-22-15-20(9-8-18(22)3)26-16-24(31)27-21-7-5-6-19(14-21)25(32)29-12-10-17(2)11-13-29/h5-9,14-15,17,26H,4,10-13,16H2,1-3H3,(H,27,31)(H,28,30). The largest absolute Gasteiger partial charge is 0.376 e. The van der Waals surface area contributed by atoms with Gasteiger partial charge in [-0.3, -0.25) is 14.4 Å². The summed E-state index contributed by atoms with van der Waals surface area (Å²) in [5.74, 6) is 0.384. The Bertz CT molecular complexity index is 981. The van der Waals surface area contributed by atoms with E-state index in [-0.39, 0.29) is 24.3 Å². The average Bonchev–Trinajstić information content (AvgIpc) is 2.79. The number of aryl methyl sites for hydroxylation is 1. The molecule has 1 heterocycles. The minimum Gasteiger partial charge on any atom is -0.376 e. The average molecular weight is 437 g/mol. The van der Waals surface area contributed by atoms with E-state index in [0.717, 1.165) is 42.9 Å². The predicted molar refractivity (Wildman–Crippen MR) is 128 cm³/mol. The smallest absolute Gasteiger partial charge is 0.253 e. The van der Waals surface area contributed by atoms with Gasteiger partial charge in [-0.15, -0.1) is 0 Å². The summed E-state index contributed by atoms with van der Waals surface area (Å²) in [4.78, 5) is 38.8. The van der Waals surface area contributed by atoms with Crippen molar-refractivity contribution in [2.24, 2.45) is 5.92 Å². The van der Waals surface area contributed by atoms with Crippen molar-refractivity contribution in [1.82, 2.24) is 4.90 Å². The molecule has 170 valence electrons. The van der Waals surface area contributed by atoms with Crippen LogP contribution in [-0.4, -0.2) is 42.3 Å². The van der Waals surface area contributed by atoms with Crippen molar-refractivity contribution in [2.75, 3.05) is 35.6 Å². The molecular weight excluding hydrogens is 404 g/mol. The Labute approximate surface area is 189 Å². The second kappa shape index (κ2) is 10.8. The molecule has 0 spiro atoms. The summed E-state index contributed by atoms with van der Waals surface area (Å²) in [6.45, 7) is 7.54. The number of anilines is 3. The zero-order valence-corrected chi connectivity index (χ0v) is 19.0. The van der Waals surface area contributed by atoms with Gasteiger partial charge < -0.3 is 20.9 Å². The van der Waals surface area contributed by atoms with Crippen molar-refractivity contribution in [2.45, 2.75) is 40.0 Å². The van der Waals surface area contributed by atoms with Crippen molar-refractivity contribution in [1.29, 1.82) is 0 Å². The number of hydrogen-bond donors (Lipinski definition) is 3. The Hall–Kier alpha value is -3.35. The summed E-state index contributed by atoms with van der Waals surface area (Å²) in [6.07, 6.45) is 2.45. The lowest BCUT2D eigenvalue weighted by Gasteiger charge is -2.30. The summed E-state index contributed by atoms with van der Waals surface area (Å²) in [5.41, 5.74) is 3.58. The lowest BCUT2D eigenvalue weighted by Crippen LogP contribution is -2.37. The third-order valence-electron chi connectivity index (χ3n) is 5.75. The fourth-order valence-corrected chi connectivity index (χ4v) is 3.62. The number of piperidine rings is 1. The molecule has 0 aromatic heterocycles. The lowest BCUT2D eigenvalue weighted by molar-refractivity contribution is -0.116. The van der Waals surface area contributed by atoms with E-state index < -0.39 is 0 Å². The second-order valence-electron chi connectivity index (χ2n) is 8.39. The summed E-state index contributed by atoms with van der Waals surface area (Å²) in [7, 11) is 0. The first-order chi connectivity index (χ1) is 15.4. The van der Waals surface area contributed by atoms with Gasteiger partial charge >= 0.3 is 0 Å². The number of amides is 3. The van der Waals surface area contributed by atoms with E-state index in [4.69, 9.17) is 0 Å².